The van der Waals surface area contributed by atoms with E-state index in [4.69, 9.17) is 0 Å². The zero-order valence-electron chi connectivity index (χ0n) is 9.44. The Labute approximate surface area is 100 Å². The Hall–Kier alpha value is -2.09. The lowest BCUT2D eigenvalue weighted by Crippen LogP contribution is -2.05. The molecule has 0 atom stereocenters. The quantitative estimate of drug-likeness (QED) is 0.811. The molecule has 84 valence electrons. The first-order valence-electron chi connectivity index (χ1n) is 5.82. The fourth-order valence-corrected chi connectivity index (χ4v) is 2.27. The second kappa shape index (κ2) is 4.06. The van der Waals surface area contributed by atoms with Crippen LogP contribution in [0.4, 0.5) is 5.69 Å². The molecule has 1 aliphatic heterocycles. The Morgan fingerprint density at radius 3 is 2.88 bits per heavy atom. The summed E-state index contributed by atoms with van der Waals surface area (Å²) in [4.78, 5) is 12.4. The molecule has 0 bridgehead atoms. The molecule has 0 unspecified atom stereocenters. The van der Waals surface area contributed by atoms with E-state index < -0.39 is 0 Å². The highest BCUT2D eigenvalue weighted by atomic mass is 16.2. The Kier molecular flexibility index (Phi) is 2.41. The first-order chi connectivity index (χ1) is 8.36. The highest BCUT2D eigenvalue weighted by Crippen LogP contribution is 2.28. The van der Waals surface area contributed by atoms with Crippen molar-refractivity contribution in [2.45, 2.75) is 6.42 Å². The van der Waals surface area contributed by atoms with Crippen molar-refractivity contribution in [3.8, 4) is 0 Å². The lowest BCUT2D eigenvalue weighted by Gasteiger charge is -2.07. The highest BCUT2D eigenvalue weighted by molar-refractivity contribution is 6.12. The van der Waals surface area contributed by atoms with E-state index in [-0.39, 0.29) is 5.78 Å². The molecular formula is C15H13NO. The summed E-state index contributed by atoms with van der Waals surface area (Å²) in [5, 5.41) is 3.30. The van der Waals surface area contributed by atoms with Crippen LogP contribution in [0.15, 0.2) is 48.5 Å². The molecule has 1 aliphatic rings. The number of fused-ring (bicyclic) bond motifs is 1. The van der Waals surface area contributed by atoms with Crippen molar-refractivity contribution in [3.63, 3.8) is 0 Å². The third kappa shape index (κ3) is 1.72. The van der Waals surface area contributed by atoms with Gasteiger partial charge in [0.1, 0.15) is 0 Å². The molecular weight excluding hydrogens is 222 g/mol. The number of benzene rings is 2. The molecule has 1 N–H and O–H groups in total. The van der Waals surface area contributed by atoms with E-state index >= 15 is 0 Å². The van der Waals surface area contributed by atoms with Gasteiger partial charge < -0.3 is 5.32 Å². The molecule has 0 saturated heterocycles. The second-order valence-corrected chi connectivity index (χ2v) is 4.21. The minimum absolute atomic E-state index is 0.0943. The van der Waals surface area contributed by atoms with Crippen LogP contribution in [0.5, 0.6) is 0 Å². The average molecular weight is 235 g/mol. The van der Waals surface area contributed by atoms with E-state index in [1.54, 1.807) is 0 Å². The van der Waals surface area contributed by atoms with E-state index in [0.717, 1.165) is 29.8 Å². The van der Waals surface area contributed by atoms with Gasteiger partial charge >= 0.3 is 0 Å². The second-order valence-electron chi connectivity index (χ2n) is 4.21. The lowest BCUT2D eigenvalue weighted by molar-refractivity contribution is 0.103. The van der Waals surface area contributed by atoms with Gasteiger partial charge in [0.05, 0.1) is 0 Å². The van der Waals surface area contributed by atoms with Crippen LogP contribution < -0.4 is 5.32 Å². The van der Waals surface area contributed by atoms with Crippen LogP contribution in [-0.4, -0.2) is 12.3 Å². The fourth-order valence-electron chi connectivity index (χ4n) is 2.27. The van der Waals surface area contributed by atoms with Gasteiger partial charge in [0, 0.05) is 23.4 Å². The van der Waals surface area contributed by atoms with Gasteiger partial charge in [-0.25, -0.2) is 0 Å². The zero-order valence-corrected chi connectivity index (χ0v) is 9.44. The van der Waals surface area contributed by atoms with E-state index in [0.29, 0.717) is 0 Å². The monoisotopic (exact) mass is 235 g/mol. The van der Waals surface area contributed by atoms with Crippen LogP contribution in [0, 0.1) is 0 Å². The molecule has 2 aromatic carbocycles. The van der Waals surface area contributed by atoms with Crippen LogP contribution in [0.25, 0.3) is 0 Å². The molecule has 3 rings (SSSR count). The number of anilines is 1. The van der Waals surface area contributed by atoms with Crippen LogP contribution >= 0.6 is 0 Å². The van der Waals surface area contributed by atoms with Gasteiger partial charge in [-0.2, -0.15) is 0 Å². The molecule has 0 aromatic heterocycles. The first-order valence-corrected chi connectivity index (χ1v) is 5.82. The van der Waals surface area contributed by atoms with E-state index in [2.05, 4.69) is 11.4 Å². The normalized spacial score (nSPS) is 12.9. The summed E-state index contributed by atoms with van der Waals surface area (Å²) in [7, 11) is 0. The van der Waals surface area contributed by atoms with Crippen LogP contribution in [0.3, 0.4) is 0 Å². The van der Waals surface area contributed by atoms with Gasteiger partial charge in [-0.3, -0.25) is 4.79 Å². The summed E-state index contributed by atoms with van der Waals surface area (Å²) in [5.74, 6) is 0.0943. The number of hydrogen-bond acceptors (Lipinski definition) is 2. The number of hydrogen-bond donors (Lipinski definition) is 1. The lowest BCUT2D eigenvalue weighted by atomic mass is 10.1. The van der Waals surface area contributed by atoms with Crippen LogP contribution in [0.1, 0.15) is 21.5 Å². The average Bonchev–Trinajstić information content (AvgIpc) is 2.87. The number of carbonyl (C=O) groups is 1. The van der Waals surface area contributed by atoms with Crippen molar-refractivity contribution in [1.82, 2.24) is 0 Å². The summed E-state index contributed by atoms with van der Waals surface area (Å²) in [6, 6.07) is 15.4. The molecule has 0 spiro atoms. The predicted molar refractivity (Wildman–Crippen MR) is 68.5 cm³/mol. The molecule has 0 aliphatic carbocycles. The van der Waals surface area contributed by atoms with Crippen molar-refractivity contribution >= 4 is 11.5 Å². The van der Waals surface area contributed by atoms with Crippen LogP contribution in [-0.2, 0) is 6.42 Å². The number of rotatable bonds is 2. The smallest absolute Gasteiger partial charge is 0.195 e. The standard InChI is InChI=1S/C15H13NO/c17-15(12-5-2-1-3-6-12)13-8-4-7-11-9-10-16-14(11)13/h1-8,16H,9-10H2/i1+2,2+2,3+2,5+2,6+2,12+2. The SMILES string of the molecule is O=C(c1cccc2c1NCC2)[14c]1[14cH][14cH][14cH][14cH][14cH]1. The van der Waals surface area contributed by atoms with Gasteiger partial charge in [0.2, 0.25) is 0 Å². The van der Waals surface area contributed by atoms with E-state index in [1.165, 1.54) is 5.56 Å². The van der Waals surface area contributed by atoms with Crippen molar-refractivity contribution in [3.05, 3.63) is 65.2 Å². The summed E-state index contributed by atoms with van der Waals surface area (Å²) < 4.78 is 0. The minimum Gasteiger partial charge on any atom is -0.384 e. The summed E-state index contributed by atoms with van der Waals surface area (Å²) in [6.45, 7) is 0.925. The first kappa shape index (κ1) is 10.1. The zero-order chi connectivity index (χ0) is 11.7. The molecule has 1 heterocycles. The molecule has 2 aromatic rings. The number of ketones is 1. The van der Waals surface area contributed by atoms with Gasteiger partial charge in [-0.05, 0) is 18.1 Å². The van der Waals surface area contributed by atoms with Crippen molar-refractivity contribution in [1.29, 1.82) is 0 Å². The summed E-state index contributed by atoms with van der Waals surface area (Å²) >= 11 is 0. The van der Waals surface area contributed by atoms with E-state index in [9.17, 15) is 4.79 Å². The van der Waals surface area contributed by atoms with Gasteiger partial charge in [0.15, 0.2) is 5.78 Å². The van der Waals surface area contributed by atoms with E-state index in [1.807, 2.05) is 42.5 Å². The van der Waals surface area contributed by atoms with Crippen molar-refractivity contribution in [2.24, 2.45) is 0 Å². The Bertz CT molecular complexity index is 560. The number of carbonyl (C=O) groups excluding carboxylic acids is 1. The number of nitrogens with one attached hydrogen (secondary N) is 1. The highest BCUT2D eigenvalue weighted by Gasteiger charge is 2.18. The molecule has 17 heavy (non-hydrogen) atoms. The summed E-state index contributed by atoms with van der Waals surface area (Å²) in [5.41, 5.74) is 3.79. The maximum Gasteiger partial charge on any atom is 0.195 e. The largest absolute Gasteiger partial charge is 0.384 e. The predicted octanol–water partition coefficient (Wildman–Crippen LogP) is 2.89. The van der Waals surface area contributed by atoms with Crippen LogP contribution in [0.2, 0.25) is 0 Å². The summed E-state index contributed by atoms with van der Waals surface area (Å²) in [6.07, 6.45) is 1.01. The maximum atomic E-state index is 12.4. The molecule has 0 saturated carbocycles. The third-order valence-corrected chi connectivity index (χ3v) is 3.13. The topological polar surface area (TPSA) is 29.1 Å². The number of para-hydroxylation sites is 1. The Morgan fingerprint density at radius 1 is 1.24 bits per heavy atom. The van der Waals surface area contributed by atoms with Gasteiger partial charge in [-0.1, -0.05) is 42.5 Å². The molecule has 0 amide bonds. The molecule has 0 radical (unpaired) electrons. The van der Waals surface area contributed by atoms with Crippen molar-refractivity contribution in [2.75, 3.05) is 11.9 Å². The van der Waals surface area contributed by atoms with Crippen molar-refractivity contribution < 1.29 is 4.79 Å². The minimum atomic E-state index is 0.0943. The Balaban J connectivity index is 2.06. The van der Waals surface area contributed by atoms with Gasteiger partial charge in [0.25, 0.3) is 0 Å². The third-order valence-electron chi connectivity index (χ3n) is 3.13. The molecule has 2 nitrogen and oxygen atoms in total. The maximum absolute atomic E-state index is 12.4. The Morgan fingerprint density at radius 2 is 2.06 bits per heavy atom. The van der Waals surface area contributed by atoms with Gasteiger partial charge in [-0.15, -0.1) is 0 Å². The molecule has 0 fully saturated rings. The molecule has 2 heteroatoms. The fraction of sp³-hybridized carbons (Fsp3) is 0.133.